The average molecular weight is 362 g/mol. The third kappa shape index (κ3) is 3.78. The highest BCUT2D eigenvalue weighted by Gasteiger charge is 2.69. The molecule has 1 fully saturated rings. The smallest absolute Gasteiger partial charge is 0.315 e. The number of nitrogens with one attached hydrogen (secondary N) is 1. The highest BCUT2D eigenvalue weighted by Crippen LogP contribution is 2.64. The highest BCUT2D eigenvalue weighted by atomic mass is 35.5. The van der Waals surface area contributed by atoms with Gasteiger partial charge in [-0.1, -0.05) is 12.1 Å². The van der Waals surface area contributed by atoms with Crippen LogP contribution in [0, 0.1) is 11.2 Å². The van der Waals surface area contributed by atoms with Crippen LogP contribution >= 0.6 is 23.2 Å². The number of carbonyl (C=O) groups is 2. The Bertz CT molecular complexity index is 620. The minimum absolute atomic E-state index is 0.294. The molecule has 0 heterocycles. The minimum Gasteiger partial charge on any atom is -0.452 e. The lowest BCUT2D eigenvalue weighted by molar-refractivity contribution is -0.159. The monoisotopic (exact) mass is 361 g/mol. The summed E-state index contributed by atoms with van der Waals surface area (Å²) in [5, 5.41) is 2.71. The number of benzene rings is 1. The molecule has 0 aliphatic heterocycles. The summed E-state index contributed by atoms with van der Waals surface area (Å²) in [7, 11) is 0. The lowest BCUT2D eigenvalue weighted by atomic mass is 10.1. The van der Waals surface area contributed by atoms with Gasteiger partial charge < -0.3 is 10.1 Å². The summed E-state index contributed by atoms with van der Waals surface area (Å²) in [6, 6.07) is 5.45. The van der Waals surface area contributed by atoms with Crippen LogP contribution in [0.25, 0.3) is 0 Å². The van der Waals surface area contributed by atoms with Gasteiger partial charge in [0.2, 0.25) is 0 Å². The maximum atomic E-state index is 12.9. The number of hydrogen-bond acceptors (Lipinski definition) is 3. The first kappa shape index (κ1) is 18.0. The molecule has 0 saturated heterocycles. The molecule has 1 N–H and O–H groups in total. The van der Waals surface area contributed by atoms with Crippen LogP contribution in [0.15, 0.2) is 24.3 Å². The van der Waals surface area contributed by atoms with Gasteiger partial charge in [-0.05, 0) is 38.5 Å². The molecule has 1 saturated carbocycles. The minimum atomic E-state index is -1.14. The molecule has 7 heteroatoms. The second-order valence-corrected chi connectivity index (χ2v) is 7.53. The molecule has 1 aromatic rings. The van der Waals surface area contributed by atoms with E-state index in [0.29, 0.717) is 6.42 Å². The maximum Gasteiger partial charge on any atom is 0.315 e. The van der Waals surface area contributed by atoms with Crippen molar-refractivity contribution in [3.63, 3.8) is 0 Å². The predicted octanol–water partition coefficient (Wildman–Crippen LogP) is 3.52. The molecule has 1 aliphatic rings. The van der Waals surface area contributed by atoms with Gasteiger partial charge in [0.15, 0.2) is 6.10 Å². The van der Waals surface area contributed by atoms with Gasteiger partial charge in [-0.15, -0.1) is 23.2 Å². The molecule has 4 nitrogen and oxygen atoms in total. The van der Waals surface area contributed by atoms with Gasteiger partial charge in [0.1, 0.15) is 15.6 Å². The van der Waals surface area contributed by atoms with Crippen molar-refractivity contribution in [1.82, 2.24) is 5.32 Å². The standard InChI is InChI=1S/C16H18Cl2FNO3/c1-9(11-4-6-12(19)7-5-11)20-13(21)10(2)23-14(22)15(3)8-16(15,17)18/h4-7,9-10H,8H2,1-3H3,(H,20,21). The number of ether oxygens (including phenoxy) is 1. The average Bonchev–Trinajstić information content (AvgIpc) is 2.99. The molecule has 0 bridgehead atoms. The van der Waals surface area contributed by atoms with Gasteiger partial charge in [-0.2, -0.15) is 0 Å². The van der Waals surface area contributed by atoms with Gasteiger partial charge in [0.05, 0.1) is 6.04 Å². The largest absolute Gasteiger partial charge is 0.452 e. The quantitative estimate of drug-likeness (QED) is 0.644. The van der Waals surface area contributed by atoms with E-state index in [2.05, 4.69) is 5.32 Å². The Morgan fingerprint density at radius 1 is 1.26 bits per heavy atom. The van der Waals surface area contributed by atoms with E-state index in [-0.39, 0.29) is 11.9 Å². The predicted molar refractivity (Wildman–Crippen MR) is 85.7 cm³/mol. The zero-order valence-electron chi connectivity index (χ0n) is 13.0. The summed E-state index contributed by atoms with van der Waals surface area (Å²) in [6.45, 7) is 4.83. The van der Waals surface area contributed by atoms with Crippen LogP contribution in [0.5, 0.6) is 0 Å². The molecule has 126 valence electrons. The third-order valence-electron chi connectivity index (χ3n) is 4.09. The van der Waals surface area contributed by atoms with Gasteiger partial charge in [-0.3, -0.25) is 9.59 Å². The highest BCUT2D eigenvalue weighted by molar-refractivity contribution is 6.53. The van der Waals surface area contributed by atoms with Crippen molar-refractivity contribution in [2.24, 2.45) is 5.41 Å². The fraction of sp³-hybridized carbons (Fsp3) is 0.500. The molecule has 0 spiro atoms. The van der Waals surface area contributed by atoms with Crippen LogP contribution in [0.2, 0.25) is 0 Å². The van der Waals surface area contributed by atoms with E-state index in [1.165, 1.54) is 19.1 Å². The van der Waals surface area contributed by atoms with Crippen LogP contribution < -0.4 is 5.32 Å². The molecule has 3 atom stereocenters. The second-order valence-electron chi connectivity index (χ2n) is 6.04. The van der Waals surface area contributed by atoms with Crippen molar-refractivity contribution in [2.45, 2.75) is 43.7 Å². The molecule has 2 rings (SSSR count). The second kappa shape index (κ2) is 6.29. The molecule has 3 unspecified atom stereocenters. The van der Waals surface area contributed by atoms with Crippen molar-refractivity contribution >= 4 is 35.1 Å². The zero-order chi connectivity index (χ0) is 17.4. The Labute approximate surface area is 144 Å². The fourth-order valence-electron chi connectivity index (χ4n) is 2.13. The Balaban J connectivity index is 1.90. The summed E-state index contributed by atoms with van der Waals surface area (Å²) in [5.41, 5.74) is -0.235. The van der Waals surface area contributed by atoms with E-state index in [0.717, 1.165) is 5.56 Å². The number of alkyl halides is 2. The molecule has 1 amide bonds. The van der Waals surface area contributed by atoms with Crippen LogP contribution in [0.3, 0.4) is 0 Å². The van der Waals surface area contributed by atoms with Gasteiger partial charge in [-0.25, -0.2) is 4.39 Å². The lowest BCUT2D eigenvalue weighted by Gasteiger charge is -2.20. The van der Waals surface area contributed by atoms with Crippen LogP contribution in [0.1, 0.15) is 38.8 Å². The van der Waals surface area contributed by atoms with Crippen LogP contribution in [-0.4, -0.2) is 22.3 Å². The Morgan fingerprint density at radius 2 is 1.78 bits per heavy atom. The van der Waals surface area contributed by atoms with E-state index in [1.807, 2.05) is 0 Å². The third-order valence-corrected chi connectivity index (χ3v) is 5.19. The first-order valence-corrected chi connectivity index (χ1v) is 7.97. The van der Waals surface area contributed by atoms with Crippen LogP contribution in [-0.2, 0) is 14.3 Å². The molecule has 0 radical (unpaired) electrons. The topological polar surface area (TPSA) is 55.4 Å². The number of hydrogen-bond donors (Lipinski definition) is 1. The fourth-order valence-corrected chi connectivity index (χ4v) is 2.82. The summed E-state index contributed by atoms with van der Waals surface area (Å²) in [5.74, 6) is -1.40. The zero-order valence-corrected chi connectivity index (χ0v) is 14.5. The summed E-state index contributed by atoms with van der Waals surface area (Å²) >= 11 is 11.8. The van der Waals surface area contributed by atoms with E-state index < -0.39 is 27.7 Å². The number of halogens is 3. The number of carbonyl (C=O) groups excluding carboxylic acids is 2. The Morgan fingerprint density at radius 3 is 2.26 bits per heavy atom. The van der Waals surface area contributed by atoms with E-state index in [1.54, 1.807) is 26.0 Å². The summed E-state index contributed by atoms with van der Waals surface area (Å²) < 4.78 is 16.9. The SMILES string of the molecule is CC(OC(=O)C1(C)CC1(Cl)Cl)C(=O)NC(C)c1ccc(F)cc1. The van der Waals surface area contributed by atoms with Crippen molar-refractivity contribution in [3.8, 4) is 0 Å². The summed E-state index contributed by atoms with van der Waals surface area (Å²) in [6.07, 6.45) is -0.686. The Kier molecular flexibility index (Phi) is 4.92. The van der Waals surface area contributed by atoms with Gasteiger partial charge in [0, 0.05) is 6.42 Å². The normalized spacial score (nSPS) is 24.4. The molecule has 0 aromatic heterocycles. The molecule has 23 heavy (non-hydrogen) atoms. The number of esters is 1. The maximum absolute atomic E-state index is 12.9. The van der Waals surface area contributed by atoms with Gasteiger partial charge in [0.25, 0.3) is 5.91 Å². The van der Waals surface area contributed by atoms with E-state index >= 15 is 0 Å². The first-order chi connectivity index (χ1) is 10.6. The summed E-state index contributed by atoms with van der Waals surface area (Å²) in [4.78, 5) is 24.1. The van der Waals surface area contributed by atoms with Gasteiger partial charge >= 0.3 is 5.97 Å². The first-order valence-electron chi connectivity index (χ1n) is 7.21. The lowest BCUT2D eigenvalue weighted by Crippen LogP contribution is -2.39. The van der Waals surface area contributed by atoms with E-state index in [9.17, 15) is 14.0 Å². The molecule has 1 aromatic carbocycles. The molecular weight excluding hydrogens is 344 g/mol. The molecule has 1 aliphatic carbocycles. The number of amides is 1. The number of rotatable bonds is 5. The van der Waals surface area contributed by atoms with Crippen molar-refractivity contribution in [3.05, 3.63) is 35.6 Å². The molecular formula is C16H18Cl2FNO3. The van der Waals surface area contributed by atoms with Crippen LogP contribution in [0.4, 0.5) is 4.39 Å². The van der Waals surface area contributed by atoms with Crippen molar-refractivity contribution in [2.75, 3.05) is 0 Å². The Hall–Kier alpha value is -1.33. The van der Waals surface area contributed by atoms with Crippen molar-refractivity contribution in [1.29, 1.82) is 0 Å². The van der Waals surface area contributed by atoms with Crippen molar-refractivity contribution < 1.29 is 18.7 Å². The van der Waals surface area contributed by atoms with E-state index in [4.69, 9.17) is 27.9 Å².